The minimum absolute atomic E-state index is 0.102. The molecule has 1 aliphatic heterocycles. The number of fused-ring (bicyclic) bond motifs is 2. The van der Waals surface area contributed by atoms with Crippen LogP contribution in [0.4, 0.5) is 20.3 Å². The van der Waals surface area contributed by atoms with E-state index in [4.69, 9.17) is 11.0 Å². The predicted molar refractivity (Wildman–Crippen MR) is 110 cm³/mol. The summed E-state index contributed by atoms with van der Waals surface area (Å²) in [6, 6.07) is 6.19. The van der Waals surface area contributed by atoms with Gasteiger partial charge in [0.1, 0.15) is 17.9 Å². The van der Waals surface area contributed by atoms with Gasteiger partial charge in [0, 0.05) is 34.7 Å². The molecule has 150 valence electrons. The maximum absolute atomic E-state index is 14.8. The Morgan fingerprint density at radius 3 is 2.90 bits per heavy atom. The molecule has 0 amide bonds. The number of nitrogens with two attached hydrogens (primary N) is 1. The smallest absolute Gasteiger partial charge is 0.164 e. The second kappa shape index (κ2) is 6.60. The molecule has 3 N–H and O–H groups in total. The molecule has 5 rings (SSSR count). The van der Waals surface area contributed by atoms with Crippen molar-refractivity contribution >= 4 is 39.5 Å². The average molecular weight is 423 g/mol. The van der Waals surface area contributed by atoms with Gasteiger partial charge in [-0.2, -0.15) is 5.26 Å². The number of nitrogens with one attached hydrogen (secondary N) is 1. The van der Waals surface area contributed by atoms with E-state index in [1.807, 2.05) is 6.07 Å². The van der Waals surface area contributed by atoms with Crippen LogP contribution in [0.3, 0.4) is 0 Å². The minimum Gasteiger partial charge on any atom is -0.379 e. The minimum atomic E-state index is -0.987. The Bertz CT molecular complexity index is 1270. The molecule has 0 radical (unpaired) electrons. The van der Waals surface area contributed by atoms with Crippen LogP contribution in [0.15, 0.2) is 35.7 Å². The number of amidine groups is 1. The maximum atomic E-state index is 14.8. The van der Waals surface area contributed by atoms with Gasteiger partial charge in [-0.05, 0) is 25.5 Å². The molecule has 7 nitrogen and oxygen atoms in total. The topological polar surface area (TPSA) is 113 Å². The Morgan fingerprint density at radius 2 is 2.10 bits per heavy atom. The molecule has 1 aromatic carbocycles. The first-order valence-electron chi connectivity index (χ1n) is 9.18. The van der Waals surface area contributed by atoms with Gasteiger partial charge in [0.05, 0.1) is 16.6 Å². The van der Waals surface area contributed by atoms with Crippen LogP contribution in [0, 0.1) is 28.9 Å². The number of halogens is 2. The molecule has 3 heterocycles. The third-order valence-electron chi connectivity index (χ3n) is 5.51. The molecule has 1 fully saturated rings. The van der Waals surface area contributed by atoms with E-state index in [0.717, 1.165) is 12.5 Å². The monoisotopic (exact) mass is 423 g/mol. The number of rotatable bonds is 3. The van der Waals surface area contributed by atoms with E-state index >= 15 is 0 Å². The van der Waals surface area contributed by atoms with Gasteiger partial charge in [-0.25, -0.2) is 23.7 Å². The van der Waals surface area contributed by atoms with Gasteiger partial charge < -0.3 is 11.1 Å². The third kappa shape index (κ3) is 2.93. The number of pyridine rings is 1. The Labute approximate surface area is 174 Å². The number of aromatic nitrogens is 3. The molecule has 1 saturated carbocycles. The van der Waals surface area contributed by atoms with Crippen molar-refractivity contribution in [2.75, 3.05) is 5.32 Å². The Balaban J connectivity index is 1.58. The zero-order chi connectivity index (χ0) is 21.0. The number of benzene rings is 1. The number of nitriles is 1. The maximum Gasteiger partial charge on any atom is 0.164 e. The molecule has 3 atom stereocenters. The molecule has 0 bridgehead atoms. The summed E-state index contributed by atoms with van der Waals surface area (Å²) in [6.07, 6.45) is 3.57. The van der Waals surface area contributed by atoms with Crippen LogP contribution in [-0.4, -0.2) is 25.4 Å². The molecular formula is C20H15F2N7S. The second-order valence-electron chi connectivity index (χ2n) is 7.47. The molecule has 2 aromatic heterocycles. The van der Waals surface area contributed by atoms with Gasteiger partial charge in [-0.1, -0.05) is 11.8 Å². The normalized spacial score (nSPS) is 24.7. The number of hydrogen-bond donors (Lipinski definition) is 2. The molecule has 2 aliphatic rings. The molecular weight excluding hydrogens is 408 g/mol. The lowest BCUT2D eigenvalue weighted by Crippen LogP contribution is -2.32. The fraction of sp³-hybridized carbons (Fsp3) is 0.250. The van der Waals surface area contributed by atoms with Crippen LogP contribution in [-0.2, 0) is 5.54 Å². The van der Waals surface area contributed by atoms with Gasteiger partial charge >= 0.3 is 0 Å². The summed E-state index contributed by atoms with van der Waals surface area (Å²) in [4.78, 5) is 17.0. The highest BCUT2D eigenvalue weighted by Gasteiger charge is 2.56. The van der Waals surface area contributed by atoms with E-state index in [0.29, 0.717) is 33.3 Å². The summed E-state index contributed by atoms with van der Waals surface area (Å²) < 4.78 is 29.4. The molecule has 0 spiro atoms. The van der Waals surface area contributed by atoms with E-state index in [-0.39, 0.29) is 16.7 Å². The Kier molecular flexibility index (Phi) is 4.11. The van der Waals surface area contributed by atoms with Gasteiger partial charge in [-0.15, -0.1) is 0 Å². The van der Waals surface area contributed by atoms with E-state index in [9.17, 15) is 8.78 Å². The van der Waals surface area contributed by atoms with Crippen LogP contribution in [0.1, 0.15) is 24.5 Å². The van der Waals surface area contributed by atoms with Crippen LogP contribution >= 0.6 is 11.8 Å². The van der Waals surface area contributed by atoms with Crippen LogP contribution < -0.4 is 11.1 Å². The van der Waals surface area contributed by atoms with E-state index in [1.165, 1.54) is 30.4 Å². The second-order valence-corrected chi connectivity index (χ2v) is 8.73. The largest absolute Gasteiger partial charge is 0.379 e. The van der Waals surface area contributed by atoms with Crippen molar-refractivity contribution in [3.8, 4) is 6.07 Å². The summed E-state index contributed by atoms with van der Waals surface area (Å²) in [7, 11) is 0. The SMILES string of the molecule is C[C@]1(c2cc(Nc3ncnc4cc(C#N)cnc34)cc(F)c2F)N=C(N)S[C@H]2C[C@H]21. The van der Waals surface area contributed by atoms with E-state index in [2.05, 4.69) is 25.3 Å². The zero-order valence-electron chi connectivity index (χ0n) is 15.7. The van der Waals surface area contributed by atoms with Gasteiger partial charge in [-0.3, -0.25) is 4.99 Å². The lowest BCUT2D eigenvalue weighted by molar-refractivity contribution is 0.393. The van der Waals surface area contributed by atoms with Crippen LogP contribution in [0.2, 0.25) is 0 Å². The standard InChI is InChI=1S/C20H15F2N7S/c1-20(11-5-15(11)30-19(24)29-20)12-3-10(4-13(21)16(12)22)28-18-17-14(26-8-27-18)2-9(6-23)7-25-17/h2-4,7-8,11,15H,5H2,1H3,(H2,24,29)(H,26,27,28)/t11-,15+,20+/m1/s1. The lowest BCUT2D eigenvalue weighted by Gasteiger charge is -2.30. The highest BCUT2D eigenvalue weighted by Crippen LogP contribution is 2.58. The number of hydrogen-bond acceptors (Lipinski definition) is 8. The fourth-order valence-electron chi connectivity index (χ4n) is 3.91. The van der Waals surface area contributed by atoms with Crippen molar-refractivity contribution in [3.05, 3.63) is 53.5 Å². The molecule has 10 heteroatoms. The zero-order valence-corrected chi connectivity index (χ0v) is 16.5. The number of aliphatic imine (C=N–C) groups is 1. The van der Waals surface area contributed by atoms with Crippen molar-refractivity contribution < 1.29 is 8.78 Å². The summed E-state index contributed by atoms with van der Waals surface area (Å²) in [6.45, 7) is 1.79. The van der Waals surface area contributed by atoms with Crippen LogP contribution in [0.25, 0.3) is 11.0 Å². The molecule has 0 saturated heterocycles. The van der Waals surface area contributed by atoms with Gasteiger partial charge in [0.2, 0.25) is 0 Å². The Morgan fingerprint density at radius 1 is 1.27 bits per heavy atom. The number of anilines is 2. The Hall–Kier alpha value is -3.32. The number of nitrogens with zero attached hydrogens (tertiary/aromatic N) is 5. The average Bonchev–Trinajstić information content (AvgIpc) is 3.50. The van der Waals surface area contributed by atoms with Gasteiger partial charge in [0.15, 0.2) is 22.6 Å². The fourth-order valence-corrected chi connectivity index (χ4v) is 5.19. The van der Waals surface area contributed by atoms with E-state index in [1.54, 1.807) is 13.0 Å². The highest BCUT2D eigenvalue weighted by atomic mass is 32.2. The first kappa shape index (κ1) is 18.7. The molecule has 0 unspecified atom stereocenters. The summed E-state index contributed by atoms with van der Waals surface area (Å²) in [5.74, 6) is -1.50. The quantitative estimate of drug-likeness (QED) is 0.662. The van der Waals surface area contributed by atoms with Crippen LogP contribution in [0.5, 0.6) is 0 Å². The summed E-state index contributed by atoms with van der Waals surface area (Å²) in [5, 5.41) is 12.7. The van der Waals surface area contributed by atoms with E-state index < -0.39 is 17.2 Å². The van der Waals surface area contributed by atoms with Crippen molar-refractivity contribution in [2.24, 2.45) is 16.6 Å². The molecule has 3 aromatic rings. The first-order chi connectivity index (χ1) is 14.4. The summed E-state index contributed by atoms with van der Waals surface area (Å²) >= 11 is 1.48. The summed E-state index contributed by atoms with van der Waals surface area (Å²) in [5.41, 5.74) is 6.69. The highest BCUT2D eigenvalue weighted by molar-refractivity contribution is 8.14. The molecule has 30 heavy (non-hydrogen) atoms. The van der Waals surface area contributed by atoms with Gasteiger partial charge in [0.25, 0.3) is 0 Å². The molecule has 1 aliphatic carbocycles. The number of thioether (sulfide) groups is 1. The first-order valence-corrected chi connectivity index (χ1v) is 10.1. The van der Waals surface area contributed by atoms with Crippen molar-refractivity contribution in [2.45, 2.75) is 24.1 Å². The predicted octanol–water partition coefficient (Wildman–Crippen LogP) is 3.58. The van der Waals surface area contributed by atoms with Crippen molar-refractivity contribution in [3.63, 3.8) is 0 Å². The van der Waals surface area contributed by atoms with Crippen molar-refractivity contribution in [1.29, 1.82) is 5.26 Å². The third-order valence-corrected chi connectivity index (χ3v) is 6.67. The lowest BCUT2D eigenvalue weighted by atomic mass is 9.86. The van der Waals surface area contributed by atoms with Crippen molar-refractivity contribution in [1.82, 2.24) is 15.0 Å².